The van der Waals surface area contributed by atoms with Gasteiger partial charge in [-0.05, 0) is 49.9 Å². The summed E-state index contributed by atoms with van der Waals surface area (Å²) in [7, 11) is 0. The van der Waals surface area contributed by atoms with Crippen LogP contribution in [0.15, 0.2) is 42.5 Å². The van der Waals surface area contributed by atoms with E-state index in [1.165, 1.54) is 16.8 Å². The molecule has 0 bridgehead atoms. The fourth-order valence-electron chi connectivity index (χ4n) is 2.52. The molecule has 2 rings (SSSR count). The molecule has 130 valence electrons. The van der Waals surface area contributed by atoms with E-state index in [0.29, 0.717) is 5.92 Å². The van der Waals surface area contributed by atoms with Gasteiger partial charge in [0.25, 0.3) is 0 Å². The largest absolute Gasteiger partial charge is 0.494 e. The molecule has 0 aliphatic carbocycles. The molecule has 2 aromatic carbocycles. The second kappa shape index (κ2) is 9.21. The summed E-state index contributed by atoms with van der Waals surface area (Å²) < 4.78 is 5.80. The van der Waals surface area contributed by atoms with E-state index in [9.17, 15) is 0 Å². The van der Waals surface area contributed by atoms with Crippen LogP contribution in [0.2, 0.25) is 0 Å². The van der Waals surface area contributed by atoms with Crippen molar-refractivity contribution in [2.75, 3.05) is 30.3 Å². The van der Waals surface area contributed by atoms with Gasteiger partial charge < -0.3 is 15.4 Å². The van der Waals surface area contributed by atoms with E-state index in [1.807, 2.05) is 12.1 Å². The van der Waals surface area contributed by atoms with Gasteiger partial charge in [0.1, 0.15) is 5.75 Å². The molecule has 0 aliphatic heterocycles. The lowest BCUT2D eigenvalue weighted by atomic mass is 10.1. The highest BCUT2D eigenvalue weighted by atomic mass is 16.5. The Bertz CT molecular complexity index is 637. The van der Waals surface area contributed by atoms with Gasteiger partial charge in [-0.25, -0.2) is 0 Å². The molecule has 0 aromatic heterocycles. The summed E-state index contributed by atoms with van der Waals surface area (Å²) in [6, 6.07) is 14.7. The third-order valence-corrected chi connectivity index (χ3v) is 3.95. The van der Waals surface area contributed by atoms with Crippen molar-refractivity contribution < 1.29 is 4.74 Å². The Kier molecular flexibility index (Phi) is 6.98. The lowest BCUT2D eigenvalue weighted by Gasteiger charge is -2.13. The van der Waals surface area contributed by atoms with Crippen LogP contribution >= 0.6 is 0 Å². The van der Waals surface area contributed by atoms with Crippen LogP contribution in [0, 0.1) is 19.8 Å². The molecule has 0 amide bonds. The number of anilines is 2. The highest BCUT2D eigenvalue weighted by molar-refractivity contribution is 5.52. The highest BCUT2D eigenvalue weighted by Crippen LogP contribution is 2.18. The Labute approximate surface area is 146 Å². The summed E-state index contributed by atoms with van der Waals surface area (Å²) in [4.78, 5) is 0. The molecule has 24 heavy (non-hydrogen) atoms. The van der Waals surface area contributed by atoms with Gasteiger partial charge >= 0.3 is 0 Å². The fraction of sp³-hybridized carbons (Fsp3) is 0.429. The number of hydrogen-bond acceptors (Lipinski definition) is 3. The van der Waals surface area contributed by atoms with Crippen molar-refractivity contribution in [2.45, 2.75) is 34.1 Å². The normalized spacial score (nSPS) is 10.7. The maximum Gasteiger partial charge on any atom is 0.121 e. The van der Waals surface area contributed by atoms with Gasteiger partial charge in [-0.3, -0.25) is 0 Å². The summed E-state index contributed by atoms with van der Waals surface area (Å²) in [6.07, 6.45) is 1.08. The number of rotatable bonds is 9. The van der Waals surface area contributed by atoms with Gasteiger partial charge in [-0.2, -0.15) is 0 Å². The molecular formula is C21H30N2O. The summed E-state index contributed by atoms with van der Waals surface area (Å²) in [6.45, 7) is 11.2. The topological polar surface area (TPSA) is 33.3 Å². The molecule has 0 saturated carbocycles. The Balaban J connectivity index is 1.75. The van der Waals surface area contributed by atoms with Crippen LogP contribution in [0.5, 0.6) is 5.75 Å². The molecule has 0 unspecified atom stereocenters. The lowest BCUT2D eigenvalue weighted by molar-refractivity contribution is 0.289. The van der Waals surface area contributed by atoms with Gasteiger partial charge in [0.15, 0.2) is 0 Å². The number of benzene rings is 2. The van der Waals surface area contributed by atoms with E-state index in [2.05, 4.69) is 68.7 Å². The van der Waals surface area contributed by atoms with Gasteiger partial charge in [0.2, 0.25) is 0 Å². The molecule has 0 saturated heterocycles. The molecular weight excluding hydrogens is 296 g/mol. The maximum absolute atomic E-state index is 5.80. The van der Waals surface area contributed by atoms with Crippen molar-refractivity contribution in [1.82, 2.24) is 0 Å². The molecule has 0 aliphatic rings. The minimum absolute atomic E-state index is 0.669. The molecule has 0 heterocycles. The van der Waals surface area contributed by atoms with Crippen LogP contribution in [0.3, 0.4) is 0 Å². The minimum Gasteiger partial charge on any atom is -0.494 e. The molecule has 0 radical (unpaired) electrons. The van der Waals surface area contributed by atoms with Crippen LogP contribution < -0.4 is 15.4 Å². The second-order valence-electron chi connectivity index (χ2n) is 6.73. The summed E-state index contributed by atoms with van der Waals surface area (Å²) >= 11 is 0. The van der Waals surface area contributed by atoms with Crippen LogP contribution in [-0.2, 0) is 0 Å². The van der Waals surface area contributed by atoms with Gasteiger partial charge in [-0.15, -0.1) is 0 Å². The molecule has 2 aromatic rings. The van der Waals surface area contributed by atoms with Crippen LogP contribution in [0.4, 0.5) is 11.4 Å². The average Bonchev–Trinajstić information content (AvgIpc) is 2.53. The van der Waals surface area contributed by atoms with E-state index in [0.717, 1.165) is 37.6 Å². The van der Waals surface area contributed by atoms with Gasteiger partial charge in [-0.1, -0.05) is 37.6 Å². The van der Waals surface area contributed by atoms with Crippen molar-refractivity contribution in [3.63, 3.8) is 0 Å². The first-order chi connectivity index (χ1) is 11.5. The number of aryl methyl sites for hydroxylation is 2. The minimum atomic E-state index is 0.669. The van der Waals surface area contributed by atoms with E-state index < -0.39 is 0 Å². The zero-order valence-electron chi connectivity index (χ0n) is 15.4. The Hall–Kier alpha value is -2.16. The number of ether oxygens (including phenoxy) is 1. The Morgan fingerprint density at radius 2 is 1.75 bits per heavy atom. The highest BCUT2D eigenvalue weighted by Gasteiger charge is 2.00. The standard InChI is InChI=1S/C21H30N2O/c1-16(2)10-13-24-20-7-5-6-19(15-20)22-11-12-23-21-9-8-17(3)14-18(21)4/h5-9,14-16,22-23H,10-13H2,1-4H3. The molecule has 0 atom stereocenters. The lowest BCUT2D eigenvalue weighted by Crippen LogP contribution is -2.14. The van der Waals surface area contributed by atoms with Crippen molar-refractivity contribution in [3.05, 3.63) is 53.6 Å². The third-order valence-electron chi connectivity index (χ3n) is 3.95. The van der Waals surface area contributed by atoms with Crippen LogP contribution in [0.25, 0.3) is 0 Å². The van der Waals surface area contributed by atoms with E-state index >= 15 is 0 Å². The second-order valence-corrected chi connectivity index (χ2v) is 6.73. The molecule has 2 N–H and O–H groups in total. The number of nitrogens with one attached hydrogen (secondary N) is 2. The zero-order valence-corrected chi connectivity index (χ0v) is 15.4. The monoisotopic (exact) mass is 326 g/mol. The zero-order chi connectivity index (χ0) is 17.4. The van der Waals surface area contributed by atoms with Crippen LogP contribution in [-0.4, -0.2) is 19.7 Å². The third kappa shape index (κ3) is 6.15. The Morgan fingerprint density at radius 3 is 2.50 bits per heavy atom. The summed E-state index contributed by atoms with van der Waals surface area (Å²) in [5, 5.41) is 6.92. The van der Waals surface area contributed by atoms with Crippen LogP contribution in [0.1, 0.15) is 31.4 Å². The first-order valence-electron chi connectivity index (χ1n) is 8.82. The predicted molar refractivity (Wildman–Crippen MR) is 104 cm³/mol. The molecule has 0 spiro atoms. The van der Waals surface area contributed by atoms with Gasteiger partial charge in [0, 0.05) is 30.5 Å². The van der Waals surface area contributed by atoms with E-state index in [4.69, 9.17) is 4.74 Å². The Morgan fingerprint density at radius 1 is 0.958 bits per heavy atom. The van der Waals surface area contributed by atoms with Crippen molar-refractivity contribution in [1.29, 1.82) is 0 Å². The summed E-state index contributed by atoms with van der Waals surface area (Å²) in [5.41, 5.74) is 4.88. The van der Waals surface area contributed by atoms with E-state index in [-0.39, 0.29) is 0 Å². The van der Waals surface area contributed by atoms with Crippen molar-refractivity contribution in [3.8, 4) is 5.75 Å². The number of hydrogen-bond donors (Lipinski definition) is 2. The summed E-state index contributed by atoms with van der Waals surface area (Å²) in [5.74, 6) is 1.60. The molecule has 0 fully saturated rings. The predicted octanol–water partition coefficient (Wildman–Crippen LogP) is 5.25. The first-order valence-corrected chi connectivity index (χ1v) is 8.82. The average molecular weight is 326 g/mol. The van der Waals surface area contributed by atoms with Gasteiger partial charge in [0.05, 0.1) is 6.61 Å². The smallest absolute Gasteiger partial charge is 0.121 e. The SMILES string of the molecule is Cc1ccc(NCCNc2cccc(OCCC(C)C)c2)c(C)c1. The molecule has 3 heteroatoms. The first kappa shape index (κ1) is 18.2. The quantitative estimate of drug-likeness (QED) is 0.617. The van der Waals surface area contributed by atoms with Crippen molar-refractivity contribution >= 4 is 11.4 Å². The van der Waals surface area contributed by atoms with Crippen molar-refractivity contribution in [2.24, 2.45) is 5.92 Å². The van der Waals surface area contributed by atoms with E-state index in [1.54, 1.807) is 0 Å². The molecule has 3 nitrogen and oxygen atoms in total. The maximum atomic E-state index is 5.80. The fourth-order valence-corrected chi connectivity index (χ4v) is 2.52.